The van der Waals surface area contributed by atoms with Gasteiger partial charge in [-0.1, -0.05) is 20.8 Å². The van der Waals surface area contributed by atoms with Gasteiger partial charge < -0.3 is 9.84 Å². The molecule has 1 fully saturated rings. The van der Waals surface area contributed by atoms with Crippen molar-refractivity contribution in [2.24, 2.45) is 11.8 Å². The van der Waals surface area contributed by atoms with Crippen LogP contribution in [0.1, 0.15) is 41.0 Å². The van der Waals surface area contributed by atoms with E-state index in [1.807, 2.05) is 13.8 Å². The van der Waals surface area contributed by atoms with Crippen molar-refractivity contribution in [2.75, 3.05) is 0 Å². The molecule has 0 aliphatic carbocycles. The van der Waals surface area contributed by atoms with E-state index in [9.17, 15) is 5.11 Å². The maximum atomic E-state index is 9.78. The van der Waals surface area contributed by atoms with E-state index < -0.39 is 0 Å². The molecule has 0 aromatic carbocycles. The van der Waals surface area contributed by atoms with Crippen LogP contribution in [0.2, 0.25) is 0 Å². The summed E-state index contributed by atoms with van der Waals surface area (Å²) in [5, 5.41) is 9.78. The molecule has 0 aromatic rings. The van der Waals surface area contributed by atoms with E-state index in [0.29, 0.717) is 17.9 Å². The van der Waals surface area contributed by atoms with Crippen LogP contribution in [0.4, 0.5) is 0 Å². The van der Waals surface area contributed by atoms with Gasteiger partial charge in [0.15, 0.2) is 0 Å². The SMILES string of the molecule is CC(C)C1OC(C)(C)C(O)CC1C. The average Bonchev–Trinajstić information content (AvgIpc) is 1.97. The first-order valence-corrected chi connectivity index (χ1v) is 5.20. The lowest BCUT2D eigenvalue weighted by molar-refractivity contribution is -0.202. The van der Waals surface area contributed by atoms with Gasteiger partial charge in [0.25, 0.3) is 0 Å². The smallest absolute Gasteiger partial charge is 0.0888 e. The molecule has 0 spiro atoms. The van der Waals surface area contributed by atoms with E-state index in [2.05, 4.69) is 20.8 Å². The zero-order valence-electron chi connectivity index (χ0n) is 9.37. The fraction of sp³-hybridized carbons (Fsp3) is 1.00. The average molecular weight is 186 g/mol. The van der Waals surface area contributed by atoms with Gasteiger partial charge in [-0.05, 0) is 32.1 Å². The largest absolute Gasteiger partial charge is 0.390 e. The second-order valence-corrected chi connectivity index (χ2v) is 5.16. The van der Waals surface area contributed by atoms with Gasteiger partial charge in [0.2, 0.25) is 0 Å². The van der Waals surface area contributed by atoms with Crippen molar-refractivity contribution in [1.29, 1.82) is 0 Å². The van der Waals surface area contributed by atoms with Gasteiger partial charge >= 0.3 is 0 Å². The van der Waals surface area contributed by atoms with Crippen molar-refractivity contribution in [3.05, 3.63) is 0 Å². The zero-order valence-corrected chi connectivity index (χ0v) is 9.37. The van der Waals surface area contributed by atoms with Crippen LogP contribution in [0, 0.1) is 11.8 Å². The molecule has 0 aromatic heterocycles. The van der Waals surface area contributed by atoms with E-state index >= 15 is 0 Å². The normalized spacial score (nSPS) is 39.5. The summed E-state index contributed by atoms with van der Waals surface area (Å²) in [6.45, 7) is 10.4. The van der Waals surface area contributed by atoms with Gasteiger partial charge in [-0.25, -0.2) is 0 Å². The highest BCUT2D eigenvalue weighted by Gasteiger charge is 2.41. The van der Waals surface area contributed by atoms with Gasteiger partial charge in [0.1, 0.15) is 0 Å². The Labute approximate surface area is 81.3 Å². The lowest BCUT2D eigenvalue weighted by atomic mass is 9.81. The minimum Gasteiger partial charge on any atom is -0.390 e. The fourth-order valence-electron chi connectivity index (χ4n) is 2.11. The summed E-state index contributed by atoms with van der Waals surface area (Å²) in [6.07, 6.45) is 0.825. The van der Waals surface area contributed by atoms with Crippen LogP contribution in [0.25, 0.3) is 0 Å². The van der Waals surface area contributed by atoms with Crippen LogP contribution >= 0.6 is 0 Å². The number of aliphatic hydroxyl groups is 1. The molecule has 0 radical (unpaired) electrons. The molecule has 13 heavy (non-hydrogen) atoms. The molecule has 0 saturated carbocycles. The minimum atomic E-state index is -0.374. The Morgan fingerprint density at radius 2 is 1.92 bits per heavy atom. The van der Waals surface area contributed by atoms with Crippen LogP contribution in [0.5, 0.6) is 0 Å². The predicted molar refractivity (Wildman–Crippen MR) is 53.6 cm³/mol. The Morgan fingerprint density at radius 1 is 1.38 bits per heavy atom. The van der Waals surface area contributed by atoms with Gasteiger partial charge in [-0.3, -0.25) is 0 Å². The molecule has 0 bridgehead atoms. The molecular formula is C11H22O2. The lowest BCUT2D eigenvalue weighted by Gasteiger charge is -2.45. The molecule has 2 heteroatoms. The Hall–Kier alpha value is -0.0800. The molecule has 1 rings (SSSR count). The molecular weight excluding hydrogens is 164 g/mol. The number of rotatable bonds is 1. The highest BCUT2D eigenvalue weighted by Crippen LogP contribution is 2.35. The van der Waals surface area contributed by atoms with E-state index in [-0.39, 0.29) is 11.7 Å². The van der Waals surface area contributed by atoms with Crippen LogP contribution in [0.15, 0.2) is 0 Å². The molecule has 1 saturated heterocycles. The van der Waals surface area contributed by atoms with E-state index in [4.69, 9.17) is 4.74 Å². The van der Waals surface area contributed by atoms with Crippen LogP contribution in [0.3, 0.4) is 0 Å². The first-order chi connectivity index (χ1) is 5.84. The maximum absolute atomic E-state index is 9.78. The Kier molecular flexibility index (Phi) is 3.03. The molecule has 3 unspecified atom stereocenters. The predicted octanol–water partition coefficient (Wildman–Crippen LogP) is 2.21. The van der Waals surface area contributed by atoms with Crippen LogP contribution in [-0.4, -0.2) is 22.9 Å². The summed E-state index contributed by atoms with van der Waals surface area (Å²) in [4.78, 5) is 0. The van der Waals surface area contributed by atoms with E-state index in [1.54, 1.807) is 0 Å². The molecule has 1 aliphatic heterocycles. The summed E-state index contributed by atoms with van der Waals surface area (Å²) in [6, 6.07) is 0. The van der Waals surface area contributed by atoms with Crippen molar-refractivity contribution >= 4 is 0 Å². The first-order valence-electron chi connectivity index (χ1n) is 5.20. The lowest BCUT2D eigenvalue weighted by Crippen LogP contribution is -2.51. The topological polar surface area (TPSA) is 29.5 Å². The number of hydrogen-bond donors (Lipinski definition) is 1. The summed E-state index contributed by atoms with van der Waals surface area (Å²) in [5.41, 5.74) is -0.374. The number of ether oxygens (including phenoxy) is 1. The van der Waals surface area contributed by atoms with Crippen LogP contribution < -0.4 is 0 Å². The van der Waals surface area contributed by atoms with Crippen molar-refractivity contribution in [3.63, 3.8) is 0 Å². The Balaban J connectivity index is 2.70. The number of hydrogen-bond acceptors (Lipinski definition) is 2. The Bertz CT molecular complexity index is 175. The van der Waals surface area contributed by atoms with Gasteiger partial charge in [0, 0.05) is 0 Å². The van der Waals surface area contributed by atoms with Gasteiger partial charge in [-0.15, -0.1) is 0 Å². The molecule has 78 valence electrons. The third kappa shape index (κ3) is 2.23. The third-order valence-corrected chi connectivity index (χ3v) is 3.06. The molecule has 2 nitrogen and oxygen atoms in total. The van der Waals surface area contributed by atoms with E-state index in [0.717, 1.165) is 6.42 Å². The zero-order chi connectivity index (χ0) is 10.2. The van der Waals surface area contributed by atoms with Crippen molar-refractivity contribution in [1.82, 2.24) is 0 Å². The second-order valence-electron chi connectivity index (χ2n) is 5.16. The van der Waals surface area contributed by atoms with Crippen molar-refractivity contribution < 1.29 is 9.84 Å². The fourth-order valence-corrected chi connectivity index (χ4v) is 2.11. The summed E-state index contributed by atoms with van der Waals surface area (Å²) >= 11 is 0. The molecule has 1 aliphatic rings. The Morgan fingerprint density at radius 3 is 2.38 bits per heavy atom. The molecule has 1 N–H and O–H groups in total. The first kappa shape index (κ1) is 11.0. The molecule has 3 atom stereocenters. The maximum Gasteiger partial charge on any atom is 0.0888 e. The minimum absolute atomic E-state index is 0.290. The van der Waals surface area contributed by atoms with Crippen LogP contribution in [-0.2, 0) is 4.74 Å². The summed E-state index contributed by atoms with van der Waals surface area (Å²) < 4.78 is 5.91. The van der Waals surface area contributed by atoms with Crippen molar-refractivity contribution in [3.8, 4) is 0 Å². The highest BCUT2D eigenvalue weighted by molar-refractivity contribution is 4.90. The van der Waals surface area contributed by atoms with Gasteiger partial charge in [-0.2, -0.15) is 0 Å². The molecule has 0 amide bonds. The summed E-state index contributed by atoms with van der Waals surface area (Å²) in [7, 11) is 0. The standard InChI is InChI=1S/C11H22O2/c1-7(2)10-8(3)6-9(12)11(4,5)13-10/h7-10,12H,6H2,1-5H3. The van der Waals surface area contributed by atoms with Crippen molar-refractivity contribution in [2.45, 2.75) is 58.8 Å². The monoisotopic (exact) mass is 186 g/mol. The number of aliphatic hydroxyl groups excluding tert-OH is 1. The molecule has 1 heterocycles. The third-order valence-electron chi connectivity index (χ3n) is 3.06. The second kappa shape index (κ2) is 3.58. The van der Waals surface area contributed by atoms with Gasteiger partial charge in [0.05, 0.1) is 17.8 Å². The quantitative estimate of drug-likeness (QED) is 0.680. The highest BCUT2D eigenvalue weighted by atomic mass is 16.5. The summed E-state index contributed by atoms with van der Waals surface area (Å²) in [5.74, 6) is 0.991. The van der Waals surface area contributed by atoms with E-state index in [1.165, 1.54) is 0 Å².